The molecule has 62 valence electrons. The van der Waals surface area contributed by atoms with Crippen LogP contribution in [0.1, 0.15) is 32.6 Å². The van der Waals surface area contributed by atoms with Crippen molar-refractivity contribution in [1.29, 1.82) is 0 Å². The Morgan fingerprint density at radius 1 is 1.40 bits per heavy atom. The molecule has 3 heteroatoms. The zero-order valence-corrected chi connectivity index (χ0v) is 8.72. The molecule has 0 fully saturated rings. The van der Waals surface area contributed by atoms with Crippen LogP contribution in [0.4, 0.5) is 0 Å². The van der Waals surface area contributed by atoms with Crippen molar-refractivity contribution in [2.24, 2.45) is 0 Å². The van der Waals surface area contributed by atoms with Crippen molar-refractivity contribution < 1.29 is 9.90 Å². The summed E-state index contributed by atoms with van der Waals surface area (Å²) < 4.78 is 0. The molecular weight excluding hydrogens is 243 g/mol. The van der Waals surface area contributed by atoms with Crippen molar-refractivity contribution in [2.45, 2.75) is 32.6 Å². The van der Waals surface area contributed by atoms with Crippen LogP contribution < -0.4 is 0 Å². The molecule has 0 aromatic carbocycles. The Kier molecular flexibility index (Phi) is 15.3. The minimum absolute atomic E-state index is 0.327. The molecule has 0 aliphatic carbocycles. The average Bonchev–Trinajstić information content (AvgIpc) is 1.92. The van der Waals surface area contributed by atoms with Gasteiger partial charge in [0.05, 0.1) is 0 Å². The molecule has 0 rings (SSSR count). The fraction of sp³-hybridized carbons (Fsp3) is 0.857. The summed E-state index contributed by atoms with van der Waals surface area (Å²) >= 11 is 2.15. The van der Waals surface area contributed by atoms with E-state index in [1.54, 1.807) is 0 Å². The minimum atomic E-state index is -0.682. The van der Waals surface area contributed by atoms with Crippen LogP contribution in [0.3, 0.4) is 0 Å². The van der Waals surface area contributed by atoms with E-state index in [0.717, 1.165) is 19.3 Å². The first-order valence-electron chi connectivity index (χ1n) is 3.37. The van der Waals surface area contributed by atoms with Gasteiger partial charge in [-0.1, -0.05) is 42.4 Å². The van der Waals surface area contributed by atoms with Crippen molar-refractivity contribution in [3.63, 3.8) is 0 Å². The molecule has 2 nitrogen and oxygen atoms in total. The van der Waals surface area contributed by atoms with Gasteiger partial charge in [-0.15, -0.1) is 0 Å². The van der Waals surface area contributed by atoms with Gasteiger partial charge in [-0.05, 0) is 11.4 Å². The van der Waals surface area contributed by atoms with E-state index < -0.39 is 5.97 Å². The monoisotopic (exact) mass is 258 g/mol. The second-order valence-electron chi connectivity index (χ2n) is 1.85. The van der Waals surface area contributed by atoms with Gasteiger partial charge in [0.25, 0.3) is 0 Å². The van der Waals surface area contributed by atoms with E-state index in [4.69, 9.17) is 5.11 Å². The first-order valence-corrected chi connectivity index (χ1v) is 5.52. The predicted octanol–water partition coefficient (Wildman–Crippen LogP) is 2.70. The Hall–Kier alpha value is 0.200. The fourth-order valence-corrected chi connectivity index (χ4v) is 0.526. The normalized spacial score (nSPS) is 7.90. The molecular formula is C7H15IO2. The second kappa shape index (κ2) is 11.9. The summed E-state index contributed by atoms with van der Waals surface area (Å²) in [5.41, 5.74) is 0. The van der Waals surface area contributed by atoms with Gasteiger partial charge < -0.3 is 5.11 Å². The lowest BCUT2D eigenvalue weighted by Crippen LogP contribution is -1.92. The molecule has 0 aromatic heterocycles. The average molecular weight is 258 g/mol. The maximum atomic E-state index is 9.87. The largest absolute Gasteiger partial charge is 0.481 e. The number of unbranched alkanes of at least 4 members (excludes halogenated alkanes) is 2. The van der Waals surface area contributed by atoms with E-state index in [1.807, 2.05) is 4.93 Å². The van der Waals surface area contributed by atoms with Gasteiger partial charge in [0.15, 0.2) is 0 Å². The number of halogens is 1. The van der Waals surface area contributed by atoms with Gasteiger partial charge in [-0.3, -0.25) is 4.79 Å². The number of alkyl halides is 1. The van der Waals surface area contributed by atoms with Crippen molar-refractivity contribution in [3.8, 4) is 0 Å². The summed E-state index contributed by atoms with van der Waals surface area (Å²) in [6.07, 6.45) is 3.28. The van der Waals surface area contributed by atoms with Gasteiger partial charge >= 0.3 is 5.97 Å². The Morgan fingerprint density at radius 3 is 2.20 bits per heavy atom. The number of carboxylic acid groups (broad SMARTS) is 1. The summed E-state index contributed by atoms with van der Waals surface area (Å²) in [6, 6.07) is 0. The summed E-state index contributed by atoms with van der Waals surface area (Å²) in [4.78, 5) is 11.8. The standard InChI is InChI=1S/C6H12O2.CH3I/c1-2-3-4-5-6(7)8;1-2/h2-5H2,1H3,(H,7,8);1H3. The molecule has 10 heavy (non-hydrogen) atoms. The Labute approximate surface area is 76.2 Å². The molecule has 0 saturated carbocycles. The Balaban J connectivity index is 0. The van der Waals surface area contributed by atoms with Crippen molar-refractivity contribution in [2.75, 3.05) is 4.93 Å². The number of aliphatic carboxylic acids is 1. The van der Waals surface area contributed by atoms with Crippen LogP contribution in [0.25, 0.3) is 0 Å². The van der Waals surface area contributed by atoms with Crippen molar-refractivity contribution in [3.05, 3.63) is 0 Å². The minimum Gasteiger partial charge on any atom is -0.481 e. The molecule has 0 aliphatic heterocycles. The smallest absolute Gasteiger partial charge is 0.303 e. The van der Waals surface area contributed by atoms with E-state index in [2.05, 4.69) is 29.5 Å². The lowest BCUT2D eigenvalue weighted by Gasteiger charge is -1.89. The lowest BCUT2D eigenvalue weighted by molar-refractivity contribution is -0.137. The first-order chi connectivity index (χ1) is 4.77. The summed E-state index contributed by atoms with van der Waals surface area (Å²) in [5, 5.41) is 8.14. The van der Waals surface area contributed by atoms with Gasteiger partial charge in [-0.2, -0.15) is 0 Å². The highest BCUT2D eigenvalue weighted by atomic mass is 127. The number of rotatable bonds is 4. The van der Waals surface area contributed by atoms with E-state index in [-0.39, 0.29) is 0 Å². The van der Waals surface area contributed by atoms with Gasteiger partial charge in [-0.25, -0.2) is 0 Å². The maximum absolute atomic E-state index is 9.87. The number of carbonyl (C=O) groups is 1. The predicted molar refractivity (Wildman–Crippen MR) is 51.7 cm³/mol. The molecule has 0 unspecified atom stereocenters. The zero-order chi connectivity index (χ0) is 8.41. The fourth-order valence-electron chi connectivity index (χ4n) is 0.526. The van der Waals surface area contributed by atoms with Crippen molar-refractivity contribution in [1.82, 2.24) is 0 Å². The van der Waals surface area contributed by atoms with Crippen LogP contribution in [0, 0.1) is 0 Å². The molecule has 0 radical (unpaired) electrons. The number of hydrogen-bond acceptors (Lipinski definition) is 1. The van der Waals surface area contributed by atoms with Crippen LogP contribution in [0.2, 0.25) is 0 Å². The quantitative estimate of drug-likeness (QED) is 0.478. The lowest BCUT2D eigenvalue weighted by atomic mass is 10.2. The summed E-state index contributed by atoms with van der Waals surface area (Å²) in [5.74, 6) is -0.682. The highest BCUT2D eigenvalue weighted by Crippen LogP contribution is 1.97. The van der Waals surface area contributed by atoms with Crippen LogP contribution >= 0.6 is 22.6 Å². The first kappa shape index (κ1) is 12.8. The number of carboxylic acids is 1. The molecule has 0 heterocycles. The van der Waals surface area contributed by atoms with E-state index in [0.29, 0.717) is 6.42 Å². The molecule has 1 N–H and O–H groups in total. The highest BCUT2D eigenvalue weighted by Gasteiger charge is 1.92. The molecule has 0 atom stereocenters. The summed E-state index contributed by atoms with van der Waals surface area (Å²) in [7, 11) is 0. The topological polar surface area (TPSA) is 37.3 Å². The number of hydrogen-bond donors (Lipinski definition) is 1. The Morgan fingerprint density at radius 2 is 1.90 bits per heavy atom. The second-order valence-corrected chi connectivity index (χ2v) is 1.85. The van der Waals surface area contributed by atoms with Crippen LogP contribution in [-0.2, 0) is 4.79 Å². The van der Waals surface area contributed by atoms with Crippen LogP contribution in [-0.4, -0.2) is 16.0 Å². The van der Waals surface area contributed by atoms with E-state index in [1.165, 1.54) is 0 Å². The van der Waals surface area contributed by atoms with Gasteiger partial charge in [0.2, 0.25) is 0 Å². The van der Waals surface area contributed by atoms with Crippen LogP contribution in [0.5, 0.6) is 0 Å². The molecule has 0 spiro atoms. The highest BCUT2D eigenvalue weighted by molar-refractivity contribution is 14.1. The van der Waals surface area contributed by atoms with E-state index in [9.17, 15) is 4.79 Å². The van der Waals surface area contributed by atoms with Crippen LogP contribution in [0.15, 0.2) is 0 Å². The van der Waals surface area contributed by atoms with Gasteiger partial charge in [0.1, 0.15) is 0 Å². The molecule has 0 bridgehead atoms. The third-order valence-corrected chi connectivity index (χ3v) is 0.994. The zero-order valence-electron chi connectivity index (χ0n) is 6.56. The SMILES string of the molecule is CCCCCC(=O)O.CI. The van der Waals surface area contributed by atoms with E-state index >= 15 is 0 Å². The molecule has 0 aliphatic rings. The Bertz CT molecular complexity index is 74.0. The molecule has 0 saturated heterocycles. The maximum Gasteiger partial charge on any atom is 0.303 e. The van der Waals surface area contributed by atoms with Gasteiger partial charge in [0, 0.05) is 6.42 Å². The molecule has 0 aromatic rings. The third-order valence-electron chi connectivity index (χ3n) is 0.994. The van der Waals surface area contributed by atoms with Crippen molar-refractivity contribution >= 4 is 28.6 Å². The third kappa shape index (κ3) is 15.7. The molecule has 0 amide bonds. The summed E-state index contributed by atoms with van der Waals surface area (Å²) in [6.45, 7) is 2.06.